The van der Waals surface area contributed by atoms with Crippen molar-refractivity contribution < 1.29 is 0 Å². The molecule has 0 saturated heterocycles. The summed E-state index contributed by atoms with van der Waals surface area (Å²) < 4.78 is 0. The Kier molecular flexibility index (Phi) is 8.26. The van der Waals surface area contributed by atoms with E-state index in [9.17, 15) is 0 Å². The van der Waals surface area contributed by atoms with Gasteiger partial charge in [-0.1, -0.05) is 40.0 Å². The number of nitrogens with zero attached hydrogens (tertiary/aromatic N) is 1. The minimum absolute atomic E-state index is 0.228. The third kappa shape index (κ3) is 7.65. The van der Waals surface area contributed by atoms with Crippen LogP contribution in [0.15, 0.2) is 0 Å². The van der Waals surface area contributed by atoms with E-state index in [0.29, 0.717) is 0 Å². The second-order valence-corrected chi connectivity index (χ2v) is 8.43. The molecule has 1 aliphatic carbocycles. The molecule has 0 aromatic heterocycles. The summed E-state index contributed by atoms with van der Waals surface area (Å²) in [5.41, 5.74) is 0.228. The van der Waals surface area contributed by atoms with Gasteiger partial charge in [0.25, 0.3) is 0 Å². The highest BCUT2D eigenvalue weighted by Crippen LogP contribution is 2.27. The van der Waals surface area contributed by atoms with E-state index in [4.69, 9.17) is 0 Å². The molecule has 0 heterocycles. The maximum absolute atomic E-state index is 3.76. The molecule has 1 N–H and O–H groups in total. The van der Waals surface area contributed by atoms with Gasteiger partial charge in [0.2, 0.25) is 0 Å². The fourth-order valence-electron chi connectivity index (χ4n) is 3.45. The van der Waals surface area contributed by atoms with Crippen LogP contribution in [0.5, 0.6) is 0 Å². The Labute approximate surface area is 134 Å². The molecule has 1 unspecified atom stereocenters. The second kappa shape index (κ2) is 9.15. The normalized spacial score (nSPS) is 18.9. The highest BCUT2D eigenvalue weighted by Gasteiger charge is 2.28. The first-order valence-corrected chi connectivity index (χ1v) is 9.34. The fourth-order valence-corrected chi connectivity index (χ4v) is 3.45. The molecule has 126 valence electrons. The van der Waals surface area contributed by atoms with Crippen molar-refractivity contribution in [2.45, 2.75) is 104 Å². The highest BCUT2D eigenvalue weighted by atomic mass is 15.2. The zero-order valence-electron chi connectivity index (χ0n) is 15.5. The van der Waals surface area contributed by atoms with Crippen molar-refractivity contribution in [2.24, 2.45) is 5.92 Å². The summed E-state index contributed by atoms with van der Waals surface area (Å²) in [6.45, 7) is 16.3. The largest absolute Gasteiger partial charge is 0.311 e. The van der Waals surface area contributed by atoms with Gasteiger partial charge in [-0.3, -0.25) is 4.90 Å². The van der Waals surface area contributed by atoms with Crippen molar-refractivity contribution in [3.63, 3.8) is 0 Å². The molecule has 2 nitrogen and oxygen atoms in total. The number of hydrogen-bond donors (Lipinski definition) is 1. The molecule has 1 fully saturated rings. The zero-order valence-corrected chi connectivity index (χ0v) is 15.5. The van der Waals surface area contributed by atoms with Crippen molar-refractivity contribution in [3.05, 3.63) is 0 Å². The van der Waals surface area contributed by atoms with Crippen LogP contribution < -0.4 is 5.32 Å². The van der Waals surface area contributed by atoms with Crippen LogP contribution in [0.4, 0.5) is 0 Å². The maximum Gasteiger partial charge on any atom is 0.0223 e. The molecule has 0 aromatic rings. The molecule has 21 heavy (non-hydrogen) atoms. The minimum atomic E-state index is 0.228. The summed E-state index contributed by atoms with van der Waals surface area (Å²) in [5.74, 6) is 0.812. The van der Waals surface area contributed by atoms with E-state index in [2.05, 4.69) is 51.8 Å². The molecule has 1 saturated carbocycles. The van der Waals surface area contributed by atoms with Gasteiger partial charge >= 0.3 is 0 Å². The molecule has 1 rings (SSSR count). The van der Waals surface area contributed by atoms with Crippen molar-refractivity contribution in [2.75, 3.05) is 13.1 Å². The summed E-state index contributed by atoms with van der Waals surface area (Å²) in [4.78, 5) is 2.87. The predicted octanol–water partition coefficient (Wildman–Crippen LogP) is 4.83. The Morgan fingerprint density at radius 1 is 1.10 bits per heavy atom. The van der Waals surface area contributed by atoms with Crippen molar-refractivity contribution in [3.8, 4) is 0 Å². The minimum Gasteiger partial charge on any atom is -0.311 e. The Balaban J connectivity index is 2.67. The lowest BCUT2D eigenvalue weighted by atomic mass is 10.0. The summed E-state index contributed by atoms with van der Waals surface area (Å²) in [5, 5.41) is 3.76. The maximum atomic E-state index is 3.76. The molecule has 0 spiro atoms. The van der Waals surface area contributed by atoms with Crippen LogP contribution in [-0.4, -0.2) is 35.6 Å². The summed E-state index contributed by atoms with van der Waals surface area (Å²) in [6.07, 6.45) is 9.69. The van der Waals surface area contributed by atoms with E-state index in [1.807, 2.05) is 0 Å². The Hall–Kier alpha value is -0.0800. The summed E-state index contributed by atoms with van der Waals surface area (Å²) >= 11 is 0. The number of nitrogens with one attached hydrogen (secondary N) is 1. The van der Waals surface area contributed by atoms with Crippen LogP contribution in [0.2, 0.25) is 0 Å². The Morgan fingerprint density at radius 3 is 2.19 bits per heavy atom. The average Bonchev–Trinajstić information content (AvgIpc) is 2.88. The zero-order chi connectivity index (χ0) is 15.9. The van der Waals surface area contributed by atoms with Crippen molar-refractivity contribution in [1.82, 2.24) is 10.2 Å². The molecule has 0 aliphatic heterocycles. The highest BCUT2D eigenvalue weighted by molar-refractivity contribution is 4.86. The smallest absolute Gasteiger partial charge is 0.0223 e. The SMILES string of the molecule is CCCC(CNC(C)(C)C)N(CCC(C)C)C1CCCC1. The van der Waals surface area contributed by atoms with Crippen LogP contribution in [0.1, 0.15) is 86.5 Å². The van der Waals surface area contributed by atoms with Crippen LogP contribution in [0.25, 0.3) is 0 Å². The van der Waals surface area contributed by atoms with Gasteiger partial charge in [0.05, 0.1) is 0 Å². The van der Waals surface area contributed by atoms with Crippen LogP contribution >= 0.6 is 0 Å². The number of rotatable bonds is 9. The van der Waals surface area contributed by atoms with Crippen LogP contribution in [0.3, 0.4) is 0 Å². The van der Waals surface area contributed by atoms with Gasteiger partial charge in [0, 0.05) is 24.2 Å². The second-order valence-electron chi connectivity index (χ2n) is 8.43. The molecule has 0 radical (unpaired) electrons. The molecule has 1 atom stereocenters. The van der Waals surface area contributed by atoms with Gasteiger partial charge in [-0.15, -0.1) is 0 Å². The molecule has 0 amide bonds. The lowest BCUT2D eigenvalue weighted by Gasteiger charge is -2.38. The predicted molar refractivity (Wildman–Crippen MR) is 94.9 cm³/mol. The van der Waals surface area contributed by atoms with E-state index < -0.39 is 0 Å². The molecule has 1 aliphatic rings. The monoisotopic (exact) mass is 296 g/mol. The quantitative estimate of drug-likeness (QED) is 0.655. The van der Waals surface area contributed by atoms with Crippen molar-refractivity contribution in [1.29, 1.82) is 0 Å². The number of hydrogen-bond acceptors (Lipinski definition) is 2. The molecule has 0 aromatic carbocycles. The van der Waals surface area contributed by atoms with Gasteiger partial charge in [0.1, 0.15) is 0 Å². The lowest BCUT2D eigenvalue weighted by molar-refractivity contribution is 0.113. The third-order valence-corrected chi connectivity index (χ3v) is 4.72. The molecule has 0 bridgehead atoms. The summed E-state index contributed by atoms with van der Waals surface area (Å²) in [7, 11) is 0. The molecular formula is C19H40N2. The summed E-state index contributed by atoms with van der Waals surface area (Å²) in [6, 6.07) is 1.57. The Bertz CT molecular complexity index is 261. The van der Waals surface area contributed by atoms with Gasteiger partial charge in [-0.2, -0.15) is 0 Å². The Morgan fingerprint density at radius 2 is 1.71 bits per heavy atom. The van der Waals surface area contributed by atoms with Gasteiger partial charge in [-0.25, -0.2) is 0 Å². The molecule has 2 heteroatoms. The lowest BCUT2D eigenvalue weighted by Crippen LogP contribution is -2.51. The van der Waals surface area contributed by atoms with Crippen LogP contribution in [0, 0.1) is 5.92 Å². The topological polar surface area (TPSA) is 15.3 Å². The van der Waals surface area contributed by atoms with Gasteiger partial charge in [0.15, 0.2) is 0 Å². The van der Waals surface area contributed by atoms with E-state index in [1.165, 1.54) is 51.5 Å². The first kappa shape index (κ1) is 19.0. The van der Waals surface area contributed by atoms with E-state index >= 15 is 0 Å². The third-order valence-electron chi connectivity index (χ3n) is 4.72. The van der Waals surface area contributed by atoms with Gasteiger partial charge in [-0.05, 0) is 58.9 Å². The fraction of sp³-hybridized carbons (Fsp3) is 1.00. The van der Waals surface area contributed by atoms with Crippen LogP contribution in [-0.2, 0) is 0 Å². The van der Waals surface area contributed by atoms with E-state index in [-0.39, 0.29) is 5.54 Å². The van der Waals surface area contributed by atoms with E-state index in [1.54, 1.807) is 0 Å². The molecular weight excluding hydrogens is 256 g/mol. The standard InChI is InChI=1S/C19H40N2/c1-7-10-18(15-20-19(4,5)6)21(14-13-16(2)3)17-11-8-9-12-17/h16-18,20H,7-15H2,1-6H3. The van der Waals surface area contributed by atoms with E-state index in [0.717, 1.165) is 24.5 Å². The first-order chi connectivity index (χ1) is 9.83. The first-order valence-electron chi connectivity index (χ1n) is 9.34. The van der Waals surface area contributed by atoms with Gasteiger partial charge < -0.3 is 5.32 Å². The van der Waals surface area contributed by atoms with Crippen molar-refractivity contribution >= 4 is 0 Å². The average molecular weight is 297 g/mol.